The van der Waals surface area contributed by atoms with Gasteiger partial charge in [-0.25, -0.2) is 0 Å². The minimum absolute atomic E-state index is 0.652. The van der Waals surface area contributed by atoms with Crippen molar-refractivity contribution in [2.24, 2.45) is 16.8 Å². The Hall–Kier alpha value is -0.180. The number of hydrogen-bond donors (Lipinski definition) is 1. The summed E-state index contributed by atoms with van der Waals surface area (Å²) in [6, 6.07) is 0.652. The van der Waals surface area contributed by atoms with E-state index in [1.54, 1.807) is 0 Å². The normalized spacial score (nSPS) is 26.7. The van der Waals surface area contributed by atoms with Crippen LogP contribution in [0.2, 0.25) is 0 Å². The minimum Gasteiger partial charge on any atom is -0.362 e. The van der Waals surface area contributed by atoms with Crippen LogP contribution in [0.25, 0.3) is 0 Å². The van der Waals surface area contributed by atoms with Crippen molar-refractivity contribution in [1.29, 1.82) is 0 Å². The van der Waals surface area contributed by atoms with Crippen molar-refractivity contribution in [2.45, 2.75) is 46.6 Å². The number of amidine groups is 1. The second-order valence-corrected chi connectivity index (χ2v) is 5.84. The van der Waals surface area contributed by atoms with Gasteiger partial charge in [0.2, 0.25) is 0 Å². The second-order valence-electron chi connectivity index (χ2n) is 4.75. The maximum atomic E-state index is 4.67. The first kappa shape index (κ1) is 12.9. The quantitative estimate of drug-likeness (QED) is 0.799. The van der Waals surface area contributed by atoms with Crippen molar-refractivity contribution < 1.29 is 0 Å². The van der Waals surface area contributed by atoms with Crippen LogP contribution in [0, 0.1) is 11.8 Å². The Labute approximate surface area is 98.3 Å². The van der Waals surface area contributed by atoms with Gasteiger partial charge in [0.05, 0.1) is 0 Å². The van der Waals surface area contributed by atoms with E-state index in [1.165, 1.54) is 23.8 Å². The van der Waals surface area contributed by atoms with E-state index >= 15 is 0 Å². The number of thioether (sulfide) groups is 1. The summed E-state index contributed by atoms with van der Waals surface area (Å²) < 4.78 is 0. The summed E-state index contributed by atoms with van der Waals surface area (Å²) in [6.07, 6.45) is 2.49. The van der Waals surface area contributed by atoms with Gasteiger partial charge in [-0.05, 0) is 24.7 Å². The molecule has 15 heavy (non-hydrogen) atoms. The van der Waals surface area contributed by atoms with Crippen LogP contribution in [0.1, 0.15) is 40.5 Å². The van der Waals surface area contributed by atoms with Crippen molar-refractivity contribution in [3.63, 3.8) is 0 Å². The Balaban J connectivity index is 2.38. The number of nitrogens with zero attached hydrogens (tertiary/aromatic N) is 1. The lowest BCUT2D eigenvalue weighted by Crippen LogP contribution is -2.37. The third kappa shape index (κ3) is 4.45. The van der Waals surface area contributed by atoms with Crippen LogP contribution in [0.5, 0.6) is 0 Å². The maximum Gasteiger partial charge on any atom is 0.156 e. The molecule has 1 aliphatic heterocycles. The van der Waals surface area contributed by atoms with Crippen molar-refractivity contribution in [1.82, 2.24) is 5.32 Å². The lowest BCUT2D eigenvalue weighted by atomic mass is 9.99. The Morgan fingerprint density at radius 2 is 2.20 bits per heavy atom. The van der Waals surface area contributed by atoms with E-state index in [0.717, 1.165) is 12.5 Å². The van der Waals surface area contributed by atoms with Crippen molar-refractivity contribution in [3.05, 3.63) is 0 Å². The number of nitrogens with one attached hydrogen (secondary N) is 1. The molecule has 0 spiro atoms. The molecule has 1 rings (SSSR count). The van der Waals surface area contributed by atoms with E-state index in [-0.39, 0.29) is 0 Å². The van der Waals surface area contributed by atoms with Gasteiger partial charge in [0, 0.05) is 18.3 Å². The lowest BCUT2D eigenvalue weighted by Gasteiger charge is -2.24. The van der Waals surface area contributed by atoms with Crippen molar-refractivity contribution in [2.75, 3.05) is 12.3 Å². The minimum atomic E-state index is 0.652. The molecule has 0 aromatic carbocycles. The Kier molecular flexibility index (Phi) is 5.51. The molecule has 3 heteroatoms. The summed E-state index contributed by atoms with van der Waals surface area (Å²) in [5.41, 5.74) is 0. The molecule has 1 fully saturated rings. The molecule has 2 nitrogen and oxygen atoms in total. The fraction of sp³-hybridized carbons (Fsp3) is 0.917. The zero-order chi connectivity index (χ0) is 11.3. The topological polar surface area (TPSA) is 24.4 Å². The molecule has 1 heterocycles. The van der Waals surface area contributed by atoms with Crippen LogP contribution in [-0.2, 0) is 0 Å². The van der Waals surface area contributed by atoms with Gasteiger partial charge in [-0.15, -0.1) is 0 Å². The molecule has 88 valence electrons. The number of rotatable bonds is 4. The predicted octanol–water partition coefficient (Wildman–Crippen LogP) is 3.14. The summed E-state index contributed by atoms with van der Waals surface area (Å²) in [6.45, 7) is 10.0. The highest BCUT2D eigenvalue weighted by atomic mass is 32.2. The molecule has 0 aromatic rings. The smallest absolute Gasteiger partial charge is 0.156 e. The fourth-order valence-corrected chi connectivity index (χ4v) is 2.43. The van der Waals surface area contributed by atoms with Crippen LogP contribution in [0.15, 0.2) is 4.99 Å². The summed E-state index contributed by atoms with van der Waals surface area (Å²) >= 11 is 1.87. The van der Waals surface area contributed by atoms with Gasteiger partial charge >= 0.3 is 0 Å². The largest absolute Gasteiger partial charge is 0.362 e. The molecular formula is C12H24N2S. The van der Waals surface area contributed by atoms with Gasteiger partial charge in [-0.1, -0.05) is 39.5 Å². The van der Waals surface area contributed by atoms with E-state index in [1.807, 2.05) is 11.8 Å². The van der Waals surface area contributed by atoms with E-state index < -0.39 is 0 Å². The zero-order valence-electron chi connectivity index (χ0n) is 10.4. The van der Waals surface area contributed by atoms with E-state index in [2.05, 4.69) is 38.0 Å². The zero-order valence-corrected chi connectivity index (χ0v) is 11.2. The van der Waals surface area contributed by atoms with Gasteiger partial charge < -0.3 is 5.32 Å². The molecule has 2 atom stereocenters. The highest BCUT2D eigenvalue weighted by Gasteiger charge is 2.15. The van der Waals surface area contributed by atoms with Gasteiger partial charge in [-0.2, -0.15) is 0 Å². The van der Waals surface area contributed by atoms with Crippen molar-refractivity contribution in [3.8, 4) is 0 Å². The average Bonchev–Trinajstić information content (AvgIpc) is 2.26. The van der Waals surface area contributed by atoms with Gasteiger partial charge in [0.25, 0.3) is 0 Å². The summed E-state index contributed by atoms with van der Waals surface area (Å²) in [7, 11) is 0. The highest BCUT2D eigenvalue weighted by molar-refractivity contribution is 8.13. The third-order valence-corrected chi connectivity index (χ3v) is 4.15. The standard InChI is InChI=1S/C12H24N2S/c1-5-11-6-7-15-12(14-11)13-8-10(4)9(2)3/h9-11H,5-8H2,1-4H3,(H,13,14). The second kappa shape index (κ2) is 6.41. The third-order valence-electron chi connectivity index (χ3n) is 3.19. The van der Waals surface area contributed by atoms with E-state index in [4.69, 9.17) is 0 Å². The molecule has 1 saturated heterocycles. The number of hydrogen-bond acceptors (Lipinski definition) is 2. The van der Waals surface area contributed by atoms with Gasteiger partial charge in [0.15, 0.2) is 5.17 Å². The lowest BCUT2D eigenvalue weighted by molar-refractivity contribution is 0.429. The molecule has 0 bridgehead atoms. The summed E-state index contributed by atoms with van der Waals surface area (Å²) in [5.74, 6) is 2.63. The van der Waals surface area contributed by atoms with E-state index in [9.17, 15) is 0 Å². The molecule has 0 aromatic heterocycles. The Morgan fingerprint density at radius 1 is 1.47 bits per heavy atom. The maximum absolute atomic E-state index is 4.67. The monoisotopic (exact) mass is 228 g/mol. The first-order chi connectivity index (χ1) is 7.13. The van der Waals surface area contributed by atoms with E-state index in [0.29, 0.717) is 12.0 Å². The molecule has 0 amide bonds. The Bertz CT molecular complexity index is 214. The average molecular weight is 228 g/mol. The van der Waals surface area contributed by atoms with Crippen LogP contribution in [0.4, 0.5) is 0 Å². The highest BCUT2D eigenvalue weighted by Crippen LogP contribution is 2.17. The first-order valence-electron chi connectivity index (χ1n) is 6.07. The van der Waals surface area contributed by atoms with Crippen LogP contribution >= 0.6 is 11.8 Å². The molecule has 1 aliphatic rings. The van der Waals surface area contributed by atoms with Gasteiger partial charge in [0.1, 0.15) is 0 Å². The molecular weight excluding hydrogens is 204 g/mol. The SMILES string of the molecule is CCC1CCSC(=NCC(C)C(C)C)N1. The molecule has 0 saturated carbocycles. The van der Waals surface area contributed by atoms with Gasteiger partial charge in [-0.3, -0.25) is 4.99 Å². The van der Waals surface area contributed by atoms with Crippen LogP contribution < -0.4 is 5.32 Å². The van der Waals surface area contributed by atoms with Crippen LogP contribution in [0.3, 0.4) is 0 Å². The molecule has 0 aliphatic carbocycles. The molecule has 0 radical (unpaired) electrons. The molecule has 1 N–H and O–H groups in total. The fourth-order valence-electron chi connectivity index (χ4n) is 1.42. The summed E-state index contributed by atoms with van der Waals surface area (Å²) in [5, 5.41) is 4.68. The number of aliphatic imine (C=N–C) groups is 1. The predicted molar refractivity (Wildman–Crippen MR) is 70.6 cm³/mol. The Morgan fingerprint density at radius 3 is 2.80 bits per heavy atom. The van der Waals surface area contributed by atoms with Crippen LogP contribution in [-0.4, -0.2) is 23.5 Å². The molecule has 2 unspecified atom stereocenters. The first-order valence-corrected chi connectivity index (χ1v) is 7.05. The van der Waals surface area contributed by atoms with Crippen molar-refractivity contribution >= 4 is 16.9 Å². The summed E-state index contributed by atoms with van der Waals surface area (Å²) in [4.78, 5) is 4.67.